The number of benzene rings is 1. The highest BCUT2D eigenvalue weighted by Gasteiger charge is 2.20. The highest BCUT2D eigenvalue weighted by molar-refractivity contribution is 5.87. The van der Waals surface area contributed by atoms with Crippen molar-refractivity contribution in [2.45, 2.75) is 0 Å². The van der Waals surface area contributed by atoms with E-state index in [1.807, 2.05) is 17.0 Å². The van der Waals surface area contributed by atoms with E-state index in [1.54, 1.807) is 18.2 Å². The number of pyridine rings is 1. The van der Waals surface area contributed by atoms with E-state index in [-0.39, 0.29) is 12.1 Å². The van der Waals surface area contributed by atoms with E-state index in [1.165, 1.54) is 14.2 Å². The van der Waals surface area contributed by atoms with Gasteiger partial charge in [-0.1, -0.05) is 6.07 Å². The number of carboxylic acid groups (broad SMARTS) is 1. The van der Waals surface area contributed by atoms with Gasteiger partial charge in [0.2, 0.25) is 0 Å². The van der Waals surface area contributed by atoms with Crippen molar-refractivity contribution < 1.29 is 19.4 Å². The largest absolute Gasteiger partial charge is 0.497 e. The summed E-state index contributed by atoms with van der Waals surface area (Å²) < 4.78 is 10.6. The molecule has 3 aromatic rings. The monoisotopic (exact) mass is 425 g/mol. The van der Waals surface area contributed by atoms with E-state index in [9.17, 15) is 9.59 Å². The predicted molar refractivity (Wildman–Crippen MR) is 115 cm³/mol. The Balaban J connectivity index is 1.65. The molecule has 162 valence electrons. The van der Waals surface area contributed by atoms with Crippen LogP contribution in [0.3, 0.4) is 0 Å². The molecule has 10 heteroatoms. The zero-order chi connectivity index (χ0) is 22.0. The molecule has 1 aliphatic rings. The van der Waals surface area contributed by atoms with Crippen molar-refractivity contribution in [2.75, 3.05) is 51.8 Å². The molecule has 1 aliphatic heterocycles. The molecular weight excluding hydrogens is 402 g/mol. The minimum atomic E-state index is -0.826. The lowest BCUT2D eigenvalue weighted by atomic mass is 10.2. The third-order valence-corrected chi connectivity index (χ3v) is 5.23. The van der Waals surface area contributed by atoms with Gasteiger partial charge in [0.25, 0.3) is 5.56 Å². The van der Waals surface area contributed by atoms with Crippen LogP contribution in [0.2, 0.25) is 0 Å². The van der Waals surface area contributed by atoms with Gasteiger partial charge in [0.1, 0.15) is 28.4 Å². The lowest BCUT2D eigenvalue weighted by molar-refractivity contribution is -0.138. The smallest absolute Gasteiger partial charge is 0.317 e. The van der Waals surface area contributed by atoms with Crippen LogP contribution >= 0.6 is 0 Å². The normalized spacial score (nSPS) is 14.6. The number of anilines is 1. The van der Waals surface area contributed by atoms with Crippen molar-refractivity contribution in [1.82, 2.24) is 19.9 Å². The predicted octanol–water partition coefficient (Wildman–Crippen LogP) is 1.21. The number of H-pyrrole nitrogens is 1. The number of aliphatic carboxylic acids is 1. The van der Waals surface area contributed by atoms with Crippen molar-refractivity contribution >= 4 is 22.7 Å². The number of hydrogen-bond acceptors (Lipinski definition) is 8. The minimum absolute atomic E-state index is 0.0382. The SMILES string of the molecule is COc1cc(OC)c2c(=O)[nH]c(-c3cccc(N4CCN(CC(=O)O)CC4)n3)nc2c1. The summed E-state index contributed by atoms with van der Waals surface area (Å²) in [6.45, 7) is 2.65. The first-order valence-corrected chi connectivity index (χ1v) is 9.81. The Bertz CT molecular complexity index is 1170. The molecule has 10 nitrogen and oxygen atoms in total. The summed E-state index contributed by atoms with van der Waals surface area (Å²) in [6, 6.07) is 8.86. The summed E-state index contributed by atoms with van der Waals surface area (Å²) in [7, 11) is 3.03. The Morgan fingerprint density at radius 2 is 1.90 bits per heavy atom. The molecule has 0 saturated carbocycles. The van der Waals surface area contributed by atoms with Crippen molar-refractivity contribution in [3.63, 3.8) is 0 Å². The molecule has 0 radical (unpaired) electrons. The standard InChI is InChI=1S/C21H23N5O5/c1-30-13-10-15-19(16(11-13)31-2)21(29)24-20(23-15)14-4-3-5-17(22-14)26-8-6-25(7-9-26)12-18(27)28/h3-5,10-11H,6-9,12H2,1-2H3,(H,27,28)(H,23,24,29). The quantitative estimate of drug-likeness (QED) is 0.600. The summed E-state index contributed by atoms with van der Waals surface area (Å²) in [4.78, 5) is 39.7. The van der Waals surface area contributed by atoms with Gasteiger partial charge in [0, 0.05) is 38.3 Å². The van der Waals surface area contributed by atoms with Gasteiger partial charge in [0.05, 0.1) is 26.3 Å². The van der Waals surface area contributed by atoms with E-state index in [0.29, 0.717) is 60.1 Å². The summed E-state index contributed by atoms with van der Waals surface area (Å²) in [5.74, 6) is 1.19. The molecular formula is C21H23N5O5. The highest BCUT2D eigenvalue weighted by Crippen LogP contribution is 2.28. The zero-order valence-corrected chi connectivity index (χ0v) is 17.3. The van der Waals surface area contributed by atoms with Crippen molar-refractivity contribution in [3.8, 4) is 23.0 Å². The van der Waals surface area contributed by atoms with E-state index < -0.39 is 5.97 Å². The maximum absolute atomic E-state index is 12.8. The summed E-state index contributed by atoms with van der Waals surface area (Å²) in [5.41, 5.74) is 0.657. The van der Waals surface area contributed by atoms with Gasteiger partial charge in [-0.2, -0.15) is 0 Å². The number of nitrogens with zero attached hydrogens (tertiary/aromatic N) is 4. The Kier molecular flexibility index (Phi) is 5.72. The minimum Gasteiger partial charge on any atom is -0.497 e. The van der Waals surface area contributed by atoms with Gasteiger partial charge in [-0.25, -0.2) is 9.97 Å². The van der Waals surface area contributed by atoms with Crippen molar-refractivity contribution in [3.05, 3.63) is 40.7 Å². The number of carbonyl (C=O) groups is 1. The van der Waals surface area contributed by atoms with Gasteiger partial charge in [-0.3, -0.25) is 14.5 Å². The number of ether oxygens (including phenoxy) is 2. The van der Waals surface area contributed by atoms with E-state index in [4.69, 9.17) is 14.6 Å². The second kappa shape index (κ2) is 8.60. The van der Waals surface area contributed by atoms with Crippen LogP contribution in [-0.2, 0) is 4.79 Å². The molecule has 2 aromatic heterocycles. The Labute approximate surface area is 178 Å². The van der Waals surface area contributed by atoms with Gasteiger partial charge in [-0.15, -0.1) is 0 Å². The topological polar surface area (TPSA) is 121 Å². The fourth-order valence-corrected chi connectivity index (χ4v) is 3.67. The average Bonchev–Trinajstić information content (AvgIpc) is 2.78. The number of aromatic amines is 1. The van der Waals surface area contributed by atoms with Gasteiger partial charge < -0.3 is 24.5 Å². The summed E-state index contributed by atoms with van der Waals surface area (Å²) in [6.07, 6.45) is 0. The maximum atomic E-state index is 12.8. The molecule has 1 fully saturated rings. The number of hydrogen-bond donors (Lipinski definition) is 2. The Hall–Kier alpha value is -3.66. The van der Waals surface area contributed by atoms with Crippen LogP contribution in [0.15, 0.2) is 35.1 Å². The Morgan fingerprint density at radius 3 is 2.58 bits per heavy atom. The molecule has 0 amide bonds. The first-order chi connectivity index (χ1) is 15.0. The maximum Gasteiger partial charge on any atom is 0.317 e. The molecule has 31 heavy (non-hydrogen) atoms. The lowest BCUT2D eigenvalue weighted by Crippen LogP contribution is -2.48. The molecule has 3 heterocycles. The van der Waals surface area contributed by atoms with Crippen LogP contribution in [0, 0.1) is 0 Å². The number of fused-ring (bicyclic) bond motifs is 1. The zero-order valence-electron chi connectivity index (χ0n) is 17.3. The molecule has 0 bridgehead atoms. The van der Waals surface area contributed by atoms with E-state index in [2.05, 4.69) is 19.9 Å². The number of piperazine rings is 1. The molecule has 0 spiro atoms. The first kappa shape index (κ1) is 20.6. The number of methoxy groups -OCH3 is 2. The molecule has 4 rings (SSSR count). The second-order valence-electron chi connectivity index (χ2n) is 7.18. The van der Waals surface area contributed by atoms with Crippen LogP contribution in [0.5, 0.6) is 11.5 Å². The van der Waals surface area contributed by atoms with Crippen LogP contribution in [0.1, 0.15) is 0 Å². The molecule has 0 atom stereocenters. The molecule has 0 unspecified atom stereocenters. The lowest BCUT2D eigenvalue weighted by Gasteiger charge is -2.34. The van der Waals surface area contributed by atoms with E-state index in [0.717, 1.165) is 5.82 Å². The molecule has 1 aromatic carbocycles. The van der Waals surface area contributed by atoms with Crippen molar-refractivity contribution in [2.24, 2.45) is 0 Å². The number of carboxylic acids is 1. The summed E-state index contributed by atoms with van der Waals surface area (Å²) in [5, 5.41) is 9.30. The van der Waals surface area contributed by atoms with Gasteiger partial charge in [0.15, 0.2) is 5.82 Å². The average molecular weight is 425 g/mol. The fraction of sp³-hybridized carbons (Fsp3) is 0.333. The van der Waals surface area contributed by atoms with Crippen LogP contribution in [0.25, 0.3) is 22.4 Å². The molecule has 0 aliphatic carbocycles. The van der Waals surface area contributed by atoms with Gasteiger partial charge >= 0.3 is 5.97 Å². The van der Waals surface area contributed by atoms with Crippen molar-refractivity contribution in [1.29, 1.82) is 0 Å². The third-order valence-electron chi connectivity index (χ3n) is 5.23. The highest BCUT2D eigenvalue weighted by atomic mass is 16.5. The van der Waals surface area contributed by atoms with Crippen LogP contribution < -0.4 is 19.9 Å². The number of nitrogens with one attached hydrogen (secondary N) is 1. The number of aromatic nitrogens is 3. The number of rotatable bonds is 6. The van der Waals surface area contributed by atoms with E-state index >= 15 is 0 Å². The third kappa shape index (κ3) is 4.29. The van der Waals surface area contributed by atoms with Crippen LogP contribution in [0.4, 0.5) is 5.82 Å². The molecule has 2 N–H and O–H groups in total. The fourth-order valence-electron chi connectivity index (χ4n) is 3.67. The first-order valence-electron chi connectivity index (χ1n) is 9.81. The second-order valence-corrected chi connectivity index (χ2v) is 7.18. The van der Waals surface area contributed by atoms with Crippen LogP contribution in [-0.4, -0.2) is 77.9 Å². The summed E-state index contributed by atoms with van der Waals surface area (Å²) >= 11 is 0. The van der Waals surface area contributed by atoms with Gasteiger partial charge in [-0.05, 0) is 12.1 Å². The Morgan fingerprint density at radius 1 is 1.13 bits per heavy atom. The molecule has 1 saturated heterocycles.